The molecule has 0 aromatic rings. The maximum Gasteiger partial charge on any atom is 0.278 e. The monoisotopic (exact) mass is 270 g/mol. The van der Waals surface area contributed by atoms with Gasteiger partial charge in [0.05, 0.1) is 0 Å². The van der Waals surface area contributed by atoms with Crippen LogP contribution in [-0.2, 0) is 9.59 Å². The van der Waals surface area contributed by atoms with E-state index in [1.807, 2.05) is 13.0 Å². The molecule has 0 atom stereocenters. The number of unbranched alkanes of at least 4 members (excludes halogenated alkanes) is 1. The van der Waals surface area contributed by atoms with E-state index in [0.29, 0.717) is 0 Å². The molecule has 2 amide bonds. The molecule has 0 rings (SSSR count). The fourth-order valence-corrected chi connectivity index (χ4v) is 1.04. The van der Waals surface area contributed by atoms with Crippen LogP contribution in [-0.4, -0.2) is 38.1 Å². The molecule has 0 unspecified atom stereocenters. The first kappa shape index (κ1) is 19.7. The molecule has 0 saturated heterocycles. The Morgan fingerprint density at radius 1 is 1.21 bits per heavy atom. The average molecular weight is 270 g/mol. The van der Waals surface area contributed by atoms with E-state index in [9.17, 15) is 9.59 Å². The Bertz CT molecular complexity index is 310. The molecule has 110 valence electrons. The molecule has 0 bridgehead atoms. The van der Waals surface area contributed by atoms with E-state index in [0.717, 1.165) is 18.4 Å². The van der Waals surface area contributed by atoms with Gasteiger partial charge in [0.1, 0.15) is 0 Å². The van der Waals surface area contributed by atoms with Crippen molar-refractivity contribution in [3.63, 3.8) is 0 Å². The predicted octanol–water partition coefficient (Wildman–Crippen LogP) is 0.749. The van der Waals surface area contributed by atoms with Crippen molar-refractivity contribution in [2.45, 2.75) is 26.7 Å². The van der Waals surface area contributed by atoms with E-state index in [1.54, 1.807) is 21.1 Å². The summed E-state index contributed by atoms with van der Waals surface area (Å²) in [5, 5.41) is 3.71. The van der Waals surface area contributed by atoms with Crippen LogP contribution in [0.5, 0.6) is 0 Å². The molecule has 0 saturated carbocycles. The van der Waals surface area contributed by atoms with Crippen molar-refractivity contribution in [3.8, 4) is 0 Å². The molecule has 0 spiro atoms. The molecule has 0 aliphatic heterocycles. The topological polar surface area (TPSA) is 73.5 Å². The first-order valence-electron chi connectivity index (χ1n) is 6.18. The molecule has 3 N–H and O–H groups in total. The molecular weight excluding hydrogens is 244 g/mol. The minimum Gasteiger partial charge on any atom is -0.356 e. The van der Waals surface area contributed by atoms with Gasteiger partial charge < -0.3 is 5.32 Å². The second-order valence-corrected chi connectivity index (χ2v) is 3.58. The first-order chi connectivity index (χ1) is 8.98. The largest absolute Gasteiger partial charge is 0.356 e. The zero-order chi connectivity index (χ0) is 15.3. The second kappa shape index (κ2) is 12.8. The van der Waals surface area contributed by atoms with Crippen LogP contribution in [0.4, 0.5) is 0 Å². The molecule has 0 heterocycles. The minimum atomic E-state index is -0.144. The number of amides is 2. The van der Waals surface area contributed by atoms with Crippen molar-refractivity contribution >= 4 is 11.8 Å². The summed E-state index contributed by atoms with van der Waals surface area (Å²) < 4.78 is 0. The molecule has 0 fully saturated rings. The van der Waals surface area contributed by atoms with Gasteiger partial charge in [0.2, 0.25) is 5.91 Å². The highest BCUT2D eigenvalue weighted by Crippen LogP contribution is 2.00. The van der Waals surface area contributed by atoms with E-state index in [4.69, 9.17) is 0 Å². The first-order valence-corrected chi connectivity index (χ1v) is 6.18. The number of hydrogen-bond donors (Lipinski definition) is 3. The number of hydrogen-bond acceptors (Lipinski definition) is 4. The smallest absolute Gasteiger partial charge is 0.278 e. The van der Waals surface area contributed by atoms with Crippen molar-refractivity contribution in [2.24, 2.45) is 0 Å². The number of carbonyl (C=O) groups is 2. The molecule has 0 aliphatic rings. The van der Waals surface area contributed by atoms with Crippen molar-refractivity contribution < 1.29 is 9.59 Å². The molecule has 0 aliphatic carbocycles. The second-order valence-electron chi connectivity index (χ2n) is 3.58. The number of nitrogens with zero attached hydrogens (tertiary/aromatic N) is 1. The average Bonchev–Trinajstić information content (AvgIpc) is 2.45. The summed E-state index contributed by atoms with van der Waals surface area (Å²) in [7, 11) is 4.95. The molecular formula is C13H26N4O2. The van der Waals surface area contributed by atoms with Gasteiger partial charge in [-0.05, 0) is 19.4 Å². The summed E-state index contributed by atoms with van der Waals surface area (Å²) >= 11 is 0. The van der Waals surface area contributed by atoms with Crippen molar-refractivity contribution in [2.75, 3.05) is 21.1 Å². The SMILES string of the molecule is C=CC(=O)NC.CCCC=C(C)C(=O)N(NC)NC. The van der Waals surface area contributed by atoms with Gasteiger partial charge in [-0.15, -0.1) is 0 Å². The van der Waals surface area contributed by atoms with E-state index in [-0.39, 0.29) is 11.8 Å². The number of rotatable bonds is 6. The van der Waals surface area contributed by atoms with Gasteiger partial charge in [-0.2, -0.15) is 0 Å². The lowest BCUT2D eigenvalue weighted by molar-refractivity contribution is -0.133. The lowest BCUT2D eigenvalue weighted by atomic mass is 10.2. The summed E-state index contributed by atoms with van der Waals surface area (Å²) in [6, 6.07) is 0. The fourth-order valence-electron chi connectivity index (χ4n) is 1.04. The molecule has 0 aromatic heterocycles. The van der Waals surface area contributed by atoms with Gasteiger partial charge in [0.15, 0.2) is 0 Å². The normalized spacial score (nSPS) is 10.1. The molecule has 0 radical (unpaired) electrons. The van der Waals surface area contributed by atoms with Crippen LogP contribution in [0.3, 0.4) is 0 Å². The van der Waals surface area contributed by atoms with Crippen LogP contribution in [0, 0.1) is 0 Å². The van der Waals surface area contributed by atoms with Gasteiger partial charge in [-0.3, -0.25) is 9.59 Å². The van der Waals surface area contributed by atoms with Crippen LogP contribution >= 0.6 is 0 Å². The molecule has 19 heavy (non-hydrogen) atoms. The van der Waals surface area contributed by atoms with Crippen LogP contribution < -0.4 is 16.2 Å². The maximum atomic E-state index is 11.5. The summed E-state index contributed by atoms with van der Waals surface area (Å²) in [4.78, 5) is 21.5. The molecule has 0 aromatic carbocycles. The van der Waals surface area contributed by atoms with Crippen LogP contribution in [0.1, 0.15) is 26.7 Å². The van der Waals surface area contributed by atoms with E-state index in [2.05, 4.69) is 29.7 Å². The third-order valence-electron chi connectivity index (χ3n) is 2.16. The minimum absolute atomic E-state index is 0.0431. The van der Waals surface area contributed by atoms with Crippen molar-refractivity contribution in [1.29, 1.82) is 0 Å². The third-order valence-corrected chi connectivity index (χ3v) is 2.16. The van der Waals surface area contributed by atoms with E-state index < -0.39 is 0 Å². The highest BCUT2D eigenvalue weighted by molar-refractivity contribution is 5.92. The third kappa shape index (κ3) is 9.99. The zero-order valence-electron chi connectivity index (χ0n) is 12.5. The summed E-state index contributed by atoms with van der Waals surface area (Å²) in [5.74, 6) is -0.187. The fraction of sp³-hybridized carbons (Fsp3) is 0.538. The number of nitrogens with one attached hydrogen (secondary N) is 3. The Morgan fingerprint density at radius 3 is 2.00 bits per heavy atom. The Morgan fingerprint density at radius 2 is 1.74 bits per heavy atom. The van der Waals surface area contributed by atoms with Crippen LogP contribution in [0.25, 0.3) is 0 Å². The number of allylic oxidation sites excluding steroid dienone is 1. The van der Waals surface area contributed by atoms with Crippen LogP contribution in [0.15, 0.2) is 24.3 Å². The van der Waals surface area contributed by atoms with Gasteiger partial charge in [0, 0.05) is 26.7 Å². The van der Waals surface area contributed by atoms with Gasteiger partial charge in [-0.1, -0.05) is 26.0 Å². The number of carbonyl (C=O) groups excluding carboxylic acids is 2. The number of likely N-dealkylation sites (N-methyl/N-ethyl adjacent to an activating group) is 1. The van der Waals surface area contributed by atoms with Crippen molar-refractivity contribution in [1.82, 2.24) is 21.3 Å². The van der Waals surface area contributed by atoms with Crippen LogP contribution in [0.2, 0.25) is 0 Å². The quantitative estimate of drug-likeness (QED) is 0.492. The Balaban J connectivity index is 0. The van der Waals surface area contributed by atoms with Crippen molar-refractivity contribution in [3.05, 3.63) is 24.3 Å². The van der Waals surface area contributed by atoms with Gasteiger partial charge in [-0.25, -0.2) is 16.0 Å². The number of hydrazine groups is 2. The molecule has 6 nitrogen and oxygen atoms in total. The highest BCUT2D eigenvalue weighted by atomic mass is 16.2. The molecule has 6 heteroatoms. The maximum absolute atomic E-state index is 11.5. The summed E-state index contributed by atoms with van der Waals surface area (Å²) in [6.07, 6.45) is 5.17. The van der Waals surface area contributed by atoms with Gasteiger partial charge >= 0.3 is 0 Å². The Hall–Kier alpha value is -1.66. The van der Waals surface area contributed by atoms with E-state index >= 15 is 0 Å². The lowest BCUT2D eigenvalue weighted by Gasteiger charge is -2.19. The van der Waals surface area contributed by atoms with Gasteiger partial charge in [0.25, 0.3) is 5.91 Å². The predicted molar refractivity (Wildman–Crippen MR) is 77.9 cm³/mol. The Labute approximate surface area is 115 Å². The zero-order valence-corrected chi connectivity index (χ0v) is 12.5. The summed E-state index contributed by atoms with van der Waals surface area (Å²) in [5.41, 5.74) is 6.24. The Kier molecular flexibility index (Phi) is 13.2. The van der Waals surface area contributed by atoms with E-state index in [1.165, 1.54) is 11.2 Å². The summed E-state index contributed by atoms with van der Waals surface area (Å²) in [6.45, 7) is 7.12. The highest BCUT2D eigenvalue weighted by Gasteiger charge is 2.10. The standard InChI is InChI=1S/C9H19N3O.C4H7NO/c1-5-6-7-8(2)9(13)12(10-3)11-4;1-3-4(6)5-2/h7,10-11H,5-6H2,1-4H3;3H,1H2,2H3,(H,5,6). The lowest BCUT2D eigenvalue weighted by Crippen LogP contribution is -2.48.